The van der Waals surface area contributed by atoms with Crippen molar-refractivity contribution in [2.45, 2.75) is 56.9 Å². The Balaban J connectivity index is 1.48. The Morgan fingerprint density at radius 2 is 1.85 bits per heavy atom. The normalized spacial score (nSPS) is 20.8. The molecule has 34 heavy (non-hydrogen) atoms. The van der Waals surface area contributed by atoms with Crippen LogP contribution in [0.1, 0.15) is 56.0 Å². The van der Waals surface area contributed by atoms with Gasteiger partial charge in [-0.2, -0.15) is 4.31 Å². The second-order valence-corrected chi connectivity index (χ2v) is 10.9. The van der Waals surface area contributed by atoms with Crippen LogP contribution < -0.4 is 0 Å². The van der Waals surface area contributed by atoms with Gasteiger partial charge in [0.15, 0.2) is 10.7 Å². The molecule has 0 radical (unpaired) electrons. The lowest BCUT2D eigenvalue weighted by Gasteiger charge is -2.38. The zero-order valence-corrected chi connectivity index (χ0v) is 20.2. The molecule has 184 valence electrons. The Morgan fingerprint density at radius 3 is 2.53 bits per heavy atom. The van der Waals surface area contributed by atoms with Crippen molar-refractivity contribution in [2.75, 3.05) is 19.6 Å². The van der Waals surface area contributed by atoms with Crippen LogP contribution in [0.2, 0.25) is 0 Å². The highest BCUT2D eigenvalue weighted by molar-refractivity contribution is 7.89. The van der Waals surface area contributed by atoms with Crippen molar-refractivity contribution in [2.24, 2.45) is 5.92 Å². The van der Waals surface area contributed by atoms with Crippen LogP contribution >= 0.6 is 0 Å². The maximum Gasteiger partial charge on any atom is 0.248 e. The summed E-state index contributed by atoms with van der Waals surface area (Å²) in [6, 6.07) is 3.34. The molecule has 1 aromatic carbocycles. The third-order valence-corrected chi connectivity index (χ3v) is 8.75. The van der Waals surface area contributed by atoms with Gasteiger partial charge in [-0.25, -0.2) is 17.2 Å². The third-order valence-electron chi connectivity index (χ3n) is 6.70. The summed E-state index contributed by atoms with van der Waals surface area (Å²) in [5.41, 5.74) is 0.282. The van der Waals surface area contributed by atoms with Crippen molar-refractivity contribution in [1.82, 2.24) is 14.4 Å². The van der Waals surface area contributed by atoms with Crippen molar-refractivity contribution in [3.8, 4) is 0 Å². The zero-order chi connectivity index (χ0) is 24.5. The van der Waals surface area contributed by atoms with E-state index >= 15 is 0 Å². The van der Waals surface area contributed by atoms with E-state index in [9.17, 15) is 22.0 Å². The van der Waals surface area contributed by atoms with E-state index in [4.69, 9.17) is 4.52 Å². The SMILES string of the molecule is Cc1noc(/C=C/c2ccc(F)cc2F)c1S(=O)(=O)N1CCC(C(=O)N2CCCCC2C)CC1. The van der Waals surface area contributed by atoms with Crippen LogP contribution in [-0.2, 0) is 14.8 Å². The highest BCUT2D eigenvalue weighted by Gasteiger charge is 2.37. The van der Waals surface area contributed by atoms with Gasteiger partial charge in [-0.15, -0.1) is 0 Å². The lowest BCUT2D eigenvalue weighted by atomic mass is 9.94. The molecular weight excluding hydrogens is 464 g/mol. The number of aromatic nitrogens is 1. The van der Waals surface area contributed by atoms with Gasteiger partial charge in [0.1, 0.15) is 17.3 Å². The number of nitrogens with zero attached hydrogens (tertiary/aromatic N) is 3. The molecule has 0 spiro atoms. The van der Waals surface area contributed by atoms with Crippen LogP contribution in [0.3, 0.4) is 0 Å². The van der Waals surface area contributed by atoms with E-state index in [1.165, 1.54) is 29.4 Å². The summed E-state index contributed by atoms with van der Waals surface area (Å²) in [4.78, 5) is 14.9. The van der Waals surface area contributed by atoms with E-state index in [0.29, 0.717) is 12.8 Å². The molecule has 0 aliphatic carbocycles. The molecule has 2 saturated heterocycles. The second kappa shape index (κ2) is 9.95. The monoisotopic (exact) mass is 493 g/mol. The summed E-state index contributed by atoms with van der Waals surface area (Å²) in [7, 11) is -3.94. The average Bonchev–Trinajstić information content (AvgIpc) is 3.19. The largest absolute Gasteiger partial charge is 0.355 e. The maximum absolute atomic E-state index is 13.9. The van der Waals surface area contributed by atoms with E-state index in [1.54, 1.807) is 0 Å². The van der Waals surface area contributed by atoms with E-state index in [-0.39, 0.29) is 52.9 Å². The number of rotatable bonds is 5. The Kier molecular flexibility index (Phi) is 7.18. The Labute approximate surface area is 198 Å². The second-order valence-electron chi connectivity index (χ2n) is 9.02. The fourth-order valence-electron chi connectivity index (χ4n) is 4.73. The minimum Gasteiger partial charge on any atom is -0.355 e. The van der Waals surface area contributed by atoms with Crippen LogP contribution in [0.4, 0.5) is 8.78 Å². The molecule has 2 fully saturated rings. The van der Waals surface area contributed by atoms with E-state index < -0.39 is 21.7 Å². The minimum absolute atomic E-state index is 0.0263. The number of benzene rings is 1. The first-order valence-corrected chi connectivity index (χ1v) is 13.0. The number of halogens is 2. The molecule has 3 heterocycles. The summed E-state index contributed by atoms with van der Waals surface area (Å²) in [5.74, 6) is -1.56. The standard InChI is InChI=1S/C24H29F2N3O4S/c1-16-5-3-4-12-29(16)24(30)19-10-13-28(14-11-19)34(31,32)23-17(2)27-33-22(23)9-7-18-6-8-20(25)15-21(18)26/h6-9,15-16,19H,3-5,10-14H2,1-2H3/b9-7+. The minimum atomic E-state index is -3.94. The van der Waals surface area contributed by atoms with Gasteiger partial charge < -0.3 is 9.42 Å². The molecule has 0 N–H and O–H groups in total. The van der Waals surface area contributed by atoms with E-state index in [0.717, 1.165) is 37.9 Å². The van der Waals surface area contributed by atoms with Crippen molar-refractivity contribution < 1.29 is 26.5 Å². The average molecular weight is 494 g/mol. The predicted octanol–water partition coefficient (Wildman–Crippen LogP) is 4.23. The lowest BCUT2D eigenvalue weighted by molar-refractivity contribution is -0.140. The van der Waals surface area contributed by atoms with Gasteiger partial charge in [0.2, 0.25) is 15.9 Å². The molecule has 1 atom stereocenters. The Morgan fingerprint density at radius 1 is 1.12 bits per heavy atom. The molecule has 1 unspecified atom stereocenters. The summed E-state index contributed by atoms with van der Waals surface area (Å²) < 4.78 is 60.5. The van der Waals surface area contributed by atoms with Gasteiger partial charge in [-0.3, -0.25) is 4.79 Å². The lowest BCUT2D eigenvalue weighted by Crippen LogP contribution is -2.48. The van der Waals surface area contributed by atoms with Crippen molar-refractivity contribution >= 4 is 28.1 Å². The topological polar surface area (TPSA) is 83.7 Å². The van der Waals surface area contributed by atoms with Crippen LogP contribution in [0.15, 0.2) is 27.6 Å². The van der Waals surface area contributed by atoms with Crippen LogP contribution in [0.25, 0.3) is 12.2 Å². The van der Waals surface area contributed by atoms with Crippen molar-refractivity contribution in [3.63, 3.8) is 0 Å². The van der Waals surface area contributed by atoms with Crippen LogP contribution in [0.5, 0.6) is 0 Å². The molecule has 4 rings (SSSR count). The van der Waals surface area contributed by atoms with Gasteiger partial charge >= 0.3 is 0 Å². The van der Waals surface area contributed by atoms with Crippen LogP contribution in [0, 0.1) is 24.5 Å². The van der Waals surface area contributed by atoms with Gasteiger partial charge in [-0.05, 0) is 70.2 Å². The van der Waals surface area contributed by atoms with E-state index in [2.05, 4.69) is 12.1 Å². The maximum atomic E-state index is 13.9. The van der Waals surface area contributed by atoms with Gasteiger partial charge in [-0.1, -0.05) is 5.16 Å². The number of sulfonamides is 1. The number of aryl methyl sites for hydroxylation is 1. The number of carbonyl (C=O) groups is 1. The molecule has 10 heteroatoms. The van der Waals surface area contributed by atoms with Gasteiger partial charge in [0.25, 0.3) is 0 Å². The summed E-state index contributed by atoms with van der Waals surface area (Å²) >= 11 is 0. The number of hydrogen-bond acceptors (Lipinski definition) is 5. The highest BCUT2D eigenvalue weighted by atomic mass is 32.2. The number of hydrogen-bond donors (Lipinski definition) is 0. The Bertz CT molecular complexity index is 1190. The molecule has 2 aliphatic rings. The summed E-state index contributed by atoms with van der Waals surface area (Å²) in [6.45, 7) is 4.81. The number of piperidine rings is 2. The predicted molar refractivity (Wildman–Crippen MR) is 123 cm³/mol. The molecular formula is C24H29F2N3O4S. The highest BCUT2D eigenvalue weighted by Crippen LogP contribution is 2.31. The molecule has 2 aromatic rings. The third kappa shape index (κ3) is 4.93. The first-order valence-electron chi connectivity index (χ1n) is 11.6. The fraction of sp³-hybridized carbons (Fsp3) is 0.500. The van der Waals surface area contributed by atoms with Crippen molar-refractivity contribution in [3.05, 3.63) is 46.9 Å². The first kappa shape index (κ1) is 24.5. The molecule has 0 bridgehead atoms. The van der Waals surface area contributed by atoms with Crippen LogP contribution in [-0.4, -0.2) is 54.4 Å². The molecule has 1 aromatic heterocycles. The van der Waals surface area contributed by atoms with Gasteiger partial charge in [0.05, 0.1) is 0 Å². The molecule has 0 saturated carbocycles. The summed E-state index contributed by atoms with van der Waals surface area (Å²) in [5, 5.41) is 3.79. The Hall–Kier alpha value is -2.59. The fourth-order valence-corrected chi connectivity index (χ4v) is 6.45. The molecule has 1 amide bonds. The number of amides is 1. The molecule has 2 aliphatic heterocycles. The quantitative estimate of drug-likeness (QED) is 0.622. The summed E-state index contributed by atoms with van der Waals surface area (Å²) in [6.07, 6.45) is 6.69. The number of likely N-dealkylation sites (tertiary alicyclic amines) is 1. The van der Waals surface area contributed by atoms with E-state index in [1.807, 2.05) is 4.90 Å². The smallest absolute Gasteiger partial charge is 0.248 e. The van der Waals surface area contributed by atoms with Gasteiger partial charge in [0, 0.05) is 43.2 Å². The number of carbonyl (C=O) groups excluding carboxylic acids is 1. The molecule has 7 nitrogen and oxygen atoms in total. The zero-order valence-electron chi connectivity index (χ0n) is 19.3. The van der Waals surface area contributed by atoms with Crippen molar-refractivity contribution in [1.29, 1.82) is 0 Å². The first-order chi connectivity index (χ1) is 16.2.